The lowest BCUT2D eigenvalue weighted by Crippen LogP contribution is -2.54. The molecule has 0 aliphatic carbocycles. The Morgan fingerprint density at radius 3 is 2.29 bits per heavy atom. The van der Waals surface area contributed by atoms with Crippen molar-refractivity contribution < 1.29 is 27.8 Å². The summed E-state index contributed by atoms with van der Waals surface area (Å²) in [6.07, 6.45) is 1.74. The summed E-state index contributed by atoms with van der Waals surface area (Å²) in [5, 5.41) is 9.23. The molecule has 0 radical (unpaired) electrons. The highest BCUT2D eigenvalue weighted by molar-refractivity contribution is 7.86. The molecule has 21 heavy (non-hydrogen) atoms. The number of hydrogen-bond acceptors (Lipinski definition) is 5. The molecule has 1 aliphatic rings. The average Bonchev–Trinajstić information content (AvgIpc) is 2.47. The molecule has 1 aliphatic heterocycles. The Bertz CT molecular complexity index is 419. The lowest BCUT2D eigenvalue weighted by atomic mass is 10.1. The van der Waals surface area contributed by atoms with Crippen LogP contribution in [0.2, 0.25) is 0 Å². The molecule has 8 nitrogen and oxygen atoms in total. The normalized spacial score (nSPS) is 20.8. The van der Waals surface area contributed by atoms with Gasteiger partial charge in [0.1, 0.15) is 6.04 Å². The van der Waals surface area contributed by atoms with Gasteiger partial charge in [-0.2, -0.15) is 17.0 Å². The van der Waals surface area contributed by atoms with Gasteiger partial charge in [-0.05, 0) is 19.3 Å². The molecule has 0 saturated carbocycles. The first-order valence-corrected chi connectivity index (χ1v) is 8.32. The van der Waals surface area contributed by atoms with E-state index in [0.29, 0.717) is 12.8 Å². The summed E-state index contributed by atoms with van der Waals surface area (Å²) in [5.74, 6) is -1.10. The van der Waals surface area contributed by atoms with Crippen molar-refractivity contribution in [3.63, 3.8) is 0 Å². The van der Waals surface area contributed by atoms with Crippen molar-refractivity contribution in [2.75, 3.05) is 47.1 Å². The Hall–Kier alpha value is -0.740. The van der Waals surface area contributed by atoms with Crippen LogP contribution in [0.1, 0.15) is 19.3 Å². The largest absolute Gasteiger partial charge is 0.480 e. The van der Waals surface area contributed by atoms with Crippen molar-refractivity contribution in [1.82, 2.24) is 8.61 Å². The van der Waals surface area contributed by atoms with Crippen LogP contribution in [-0.4, -0.2) is 81.2 Å². The predicted octanol–water partition coefficient (Wildman–Crippen LogP) is -0.235. The van der Waals surface area contributed by atoms with Crippen LogP contribution >= 0.6 is 0 Å². The number of rotatable bonds is 9. The first-order valence-electron chi connectivity index (χ1n) is 6.92. The van der Waals surface area contributed by atoms with Gasteiger partial charge in [-0.15, -0.1) is 0 Å². The summed E-state index contributed by atoms with van der Waals surface area (Å²) in [7, 11) is -0.861. The van der Waals surface area contributed by atoms with Crippen molar-refractivity contribution >= 4 is 16.2 Å². The molecule has 1 atom stereocenters. The average molecular weight is 324 g/mol. The van der Waals surface area contributed by atoms with Crippen LogP contribution in [0.25, 0.3) is 0 Å². The van der Waals surface area contributed by atoms with Crippen LogP contribution < -0.4 is 0 Å². The zero-order chi connectivity index (χ0) is 15.9. The van der Waals surface area contributed by atoms with Crippen LogP contribution in [0.5, 0.6) is 0 Å². The molecular weight excluding hydrogens is 300 g/mol. The number of nitrogens with zero attached hydrogens (tertiary/aromatic N) is 2. The number of ether oxygens (including phenoxy) is 2. The second kappa shape index (κ2) is 8.64. The van der Waals surface area contributed by atoms with E-state index < -0.39 is 22.2 Å². The molecule has 0 bridgehead atoms. The maximum absolute atomic E-state index is 12.7. The number of methoxy groups -OCH3 is 2. The molecule has 1 N–H and O–H groups in total. The van der Waals surface area contributed by atoms with Crippen molar-refractivity contribution in [2.45, 2.75) is 25.3 Å². The predicted molar refractivity (Wildman–Crippen MR) is 76.2 cm³/mol. The zero-order valence-electron chi connectivity index (χ0n) is 12.5. The third-order valence-corrected chi connectivity index (χ3v) is 5.50. The monoisotopic (exact) mass is 324 g/mol. The molecule has 0 aromatic heterocycles. The van der Waals surface area contributed by atoms with Gasteiger partial charge >= 0.3 is 5.97 Å². The van der Waals surface area contributed by atoms with Gasteiger partial charge < -0.3 is 14.6 Å². The minimum Gasteiger partial charge on any atom is -0.480 e. The quantitative estimate of drug-likeness (QED) is 0.629. The fourth-order valence-corrected chi connectivity index (χ4v) is 4.09. The Kier molecular flexibility index (Phi) is 7.53. The highest BCUT2D eigenvalue weighted by Gasteiger charge is 2.39. The van der Waals surface area contributed by atoms with Crippen molar-refractivity contribution in [3.8, 4) is 0 Å². The number of aliphatic carboxylic acids is 1. The molecule has 1 fully saturated rings. The van der Waals surface area contributed by atoms with Crippen molar-refractivity contribution in [3.05, 3.63) is 0 Å². The molecule has 1 rings (SSSR count). The number of hydrogen-bond donors (Lipinski definition) is 1. The lowest BCUT2D eigenvalue weighted by molar-refractivity contribution is -0.142. The number of piperidine rings is 1. The van der Waals surface area contributed by atoms with Crippen molar-refractivity contribution in [2.24, 2.45) is 0 Å². The van der Waals surface area contributed by atoms with Crippen LogP contribution in [0.4, 0.5) is 0 Å². The van der Waals surface area contributed by atoms with E-state index >= 15 is 0 Å². The SMILES string of the molecule is COCCN(CCOC)S(=O)(=O)N1CCCCC1C(=O)O. The van der Waals surface area contributed by atoms with Crippen LogP contribution in [0, 0.1) is 0 Å². The molecule has 9 heteroatoms. The van der Waals surface area contributed by atoms with Gasteiger partial charge in [0.2, 0.25) is 0 Å². The highest BCUT2D eigenvalue weighted by Crippen LogP contribution is 2.22. The number of carboxylic acids is 1. The molecule has 1 saturated heterocycles. The van der Waals surface area contributed by atoms with Crippen LogP contribution in [-0.2, 0) is 24.5 Å². The van der Waals surface area contributed by atoms with Gasteiger partial charge in [-0.3, -0.25) is 4.79 Å². The first kappa shape index (κ1) is 18.3. The van der Waals surface area contributed by atoms with Crippen LogP contribution in [0.3, 0.4) is 0 Å². The zero-order valence-corrected chi connectivity index (χ0v) is 13.3. The number of carboxylic acid groups (broad SMARTS) is 1. The van der Waals surface area contributed by atoms with E-state index in [4.69, 9.17) is 9.47 Å². The Morgan fingerprint density at radius 2 is 1.81 bits per heavy atom. The maximum Gasteiger partial charge on any atom is 0.322 e. The van der Waals surface area contributed by atoms with Gasteiger partial charge in [0.25, 0.3) is 10.2 Å². The summed E-state index contributed by atoms with van der Waals surface area (Å²) < 4.78 is 37.5. The van der Waals surface area contributed by atoms with E-state index in [1.54, 1.807) is 0 Å². The summed E-state index contributed by atoms with van der Waals surface area (Å²) in [5.41, 5.74) is 0. The fraction of sp³-hybridized carbons (Fsp3) is 0.917. The maximum atomic E-state index is 12.7. The Labute approximate surface area is 125 Å². The van der Waals surface area contributed by atoms with Gasteiger partial charge in [0, 0.05) is 33.9 Å². The molecule has 0 amide bonds. The van der Waals surface area contributed by atoms with E-state index in [9.17, 15) is 18.3 Å². The topological polar surface area (TPSA) is 96.4 Å². The Balaban J connectivity index is 2.92. The second-order valence-electron chi connectivity index (χ2n) is 4.85. The van der Waals surface area contributed by atoms with Gasteiger partial charge in [0.15, 0.2) is 0 Å². The standard InChI is InChI=1S/C12H24N2O6S/c1-19-9-7-13(8-10-20-2)21(17,18)14-6-4-3-5-11(14)12(15)16/h11H,3-10H2,1-2H3,(H,15,16). The smallest absolute Gasteiger partial charge is 0.322 e. The fourth-order valence-electron chi connectivity index (χ4n) is 2.31. The number of carbonyl (C=O) groups is 1. The van der Waals surface area contributed by atoms with E-state index in [1.807, 2.05) is 0 Å². The lowest BCUT2D eigenvalue weighted by Gasteiger charge is -2.35. The molecule has 1 heterocycles. The minimum absolute atomic E-state index is 0.172. The van der Waals surface area contributed by atoms with E-state index in [-0.39, 0.29) is 32.8 Å². The molecule has 0 spiro atoms. The summed E-state index contributed by atoms with van der Waals surface area (Å²) >= 11 is 0. The summed E-state index contributed by atoms with van der Waals surface area (Å²) in [6, 6.07) is -0.990. The summed E-state index contributed by atoms with van der Waals surface area (Å²) in [6.45, 7) is 1.06. The van der Waals surface area contributed by atoms with Gasteiger partial charge in [0.05, 0.1) is 13.2 Å². The van der Waals surface area contributed by atoms with E-state index in [0.717, 1.165) is 10.7 Å². The van der Waals surface area contributed by atoms with Crippen molar-refractivity contribution in [1.29, 1.82) is 0 Å². The molecule has 0 aromatic rings. The molecule has 0 aromatic carbocycles. The minimum atomic E-state index is -3.84. The van der Waals surface area contributed by atoms with Crippen LogP contribution in [0.15, 0.2) is 0 Å². The Morgan fingerprint density at radius 1 is 1.24 bits per heavy atom. The second-order valence-corrected chi connectivity index (χ2v) is 6.73. The molecular formula is C12H24N2O6S. The third-order valence-electron chi connectivity index (χ3n) is 3.45. The first-order chi connectivity index (χ1) is 9.95. The van der Waals surface area contributed by atoms with Gasteiger partial charge in [-0.25, -0.2) is 0 Å². The van der Waals surface area contributed by atoms with E-state index in [1.165, 1.54) is 18.5 Å². The third kappa shape index (κ3) is 4.89. The van der Waals surface area contributed by atoms with E-state index in [2.05, 4.69) is 0 Å². The van der Waals surface area contributed by atoms with Gasteiger partial charge in [-0.1, -0.05) is 0 Å². The summed E-state index contributed by atoms with van der Waals surface area (Å²) in [4.78, 5) is 11.3. The molecule has 1 unspecified atom stereocenters. The molecule has 124 valence electrons. The highest BCUT2D eigenvalue weighted by atomic mass is 32.2.